The van der Waals surface area contributed by atoms with E-state index in [0.717, 1.165) is 12.8 Å². The van der Waals surface area contributed by atoms with Crippen LogP contribution in [0.25, 0.3) is 11.1 Å². The van der Waals surface area contributed by atoms with Crippen LogP contribution in [0.3, 0.4) is 0 Å². The third-order valence-electron chi connectivity index (χ3n) is 3.20. The van der Waals surface area contributed by atoms with E-state index < -0.39 is 0 Å². The zero-order valence-corrected chi connectivity index (χ0v) is 18.8. The van der Waals surface area contributed by atoms with E-state index in [0.29, 0.717) is 0 Å². The molecule has 2 aliphatic rings. The molecule has 0 unspecified atom stereocenters. The number of allylic oxidation sites excluding steroid dienone is 4. The van der Waals surface area contributed by atoms with Crippen LogP contribution in [0.15, 0.2) is 60.7 Å². The average molecular weight is 411 g/mol. The Balaban J connectivity index is -0.000000351. The molecule has 0 fully saturated rings. The minimum atomic E-state index is 0. The molecule has 0 bridgehead atoms. The monoisotopic (exact) mass is 410 g/mol. The van der Waals surface area contributed by atoms with Crippen molar-refractivity contribution in [1.29, 1.82) is 0 Å². The topological polar surface area (TPSA) is 0 Å². The molecule has 0 heterocycles. The van der Waals surface area contributed by atoms with E-state index in [-0.39, 0.29) is 39.7 Å². The second-order valence-electron chi connectivity index (χ2n) is 4.40. The largest absolute Gasteiger partial charge is 0.179 e. The van der Waals surface area contributed by atoms with Crippen LogP contribution < -0.4 is 0 Å². The van der Waals surface area contributed by atoms with Gasteiger partial charge in [-0.05, 0) is 6.42 Å². The molecule has 24 heavy (non-hydrogen) atoms. The minimum Gasteiger partial charge on any atom is -0.179 e. The number of benzene rings is 2. The molecule has 2 aromatic rings. The second kappa shape index (κ2) is 15.9. The summed E-state index contributed by atoms with van der Waals surface area (Å²) in [5.74, 6) is 0. The van der Waals surface area contributed by atoms with Crippen molar-refractivity contribution >= 4 is 32.4 Å². The summed E-state index contributed by atoms with van der Waals surface area (Å²) in [7, 11) is 1.86. The fourth-order valence-electron chi connectivity index (χ4n) is 2.34. The molecule has 2 aliphatic carbocycles. The van der Waals surface area contributed by atoms with Crippen LogP contribution in [-0.4, -0.2) is 7.63 Å². The zero-order valence-electron chi connectivity index (χ0n) is 14.2. The van der Waals surface area contributed by atoms with Gasteiger partial charge in [0.05, 0.1) is 0 Å². The maximum absolute atomic E-state index is 3.30. The van der Waals surface area contributed by atoms with Gasteiger partial charge in [-0.3, -0.25) is 6.08 Å². The van der Waals surface area contributed by atoms with Crippen LogP contribution >= 0.6 is 24.8 Å². The van der Waals surface area contributed by atoms with Crippen LogP contribution in [0.4, 0.5) is 0 Å². The van der Waals surface area contributed by atoms with Gasteiger partial charge in [0.25, 0.3) is 0 Å². The summed E-state index contributed by atoms with van der Waals surface area (Å²) in [6, 6.07) is 18.1. The molecule has 130 valence electrons. The summed E-state index contributed by atoms with van der Waals surface area (Å²) in [5.41, 5.74) is 5.51. The predicted molar refractivity (Wildman–Crippen MR) is 111 cm³/mol. The molecule has 0 atom stereocenters. The van der Waals surface area contributed by atoms with Crippen molar-refractivity contribution in [1.82, 2.24) is 0 Å². The molecular weight excluding hydrogens is 387 g/mol. The van der Waals surface area contributed by atoms with Gasteiger partial charge < -0.3 is 14.9 Å². The van der Waals surface area contributed by atoms with Gasteiger partial charge in [0.1, 0.15) is 0 Å². The van der Waals surface area contributed by atoms with Gasteiger partial charge in [-0.1, -0.05) is 35.4 Å². The molecule has 0 aromatic heterocycles. The Morgan fingerprint density at radius 3 is 2.17 bits per heavy atom. The maximum atomic E-state index is 3.30. The van der Waals surface area contributed by atoms with Crippen LogP contribution in [0, 0.1) is 27.0 Å². The molecule has 4 heteroatoms. The Bertz CT molecular complexity index is 586. The summed E-state index contributed by atoms with van der Waals surface area (Å²) < 4.78 is 0. The van der Waals surface area contributed by atoms with E-state index in [1.807, 2.05) is 45.0 Å². The van der Waals surface area contributed by atoms with E-state index in [1.54, 1.807) is 0 Å². The molecule has 0 radical (unpaired) electrons. The molecule has 0 spiro atoms. The smallest absolute Gasteiger partial charge is 0.0253 e. The zero-order chi connectivity index (χ0) is 14.2. The van der Waals surface area contributed by atoms with E-state index in [1.165, 1.54) is 22.3 Å². The number of halogens is 2. The molecule has 0 aliphatic heterocycles. The van der Waals surface area contributed by atoms with Crippen molar-refractivity contribution in [3.8, 4) is 11.1 Å². The number of fused-ring (bicyclic) bond motifs is 3. The van der Waals surface area contributed by atoms with Gasteiger partial charge in [0.15, 0.2) is 0 Å². The first kappa shape index (κ1) is 28.2. The van der Waals surface area contributed by atoms with E-state index in [4.69, 9.17) is 0 Å². The SMILES string of the molecule is Cl.Cl.[C-]1=CC=CC1.[CH3-].[CH3-].[SiH2]=[Ti].[c-]1cccc2c1Cc1ccccc1-2. The van der Waals surface area contributed by atoms with Crippen molar-refractivity contribution in [2.24, 2.45) is 0 Å². The first-order valence-corrected chi connectivity index (χ1v) is 10.6. The van der Waals surface area contributed by atoms with E-state index in [2.05, 4.69) is 54.6 Å². The molecule has 0 saturated carbocycles. The molecule has 0 amide bonds. The van der Waals surface area contributed by atoms with Crippen LogP contribution in [0.5, 0.6) is 0 Å². The number of hydrogen-bond donors (Lipinski definition) is 0. The summed E-state index contributed by atoms with van der Waals surface area (Å²) in [5, 5.41) is 0. The summed E-state index contributed by atoms with van der Waals surface area (Å²) in [6.45, 7) is 0. The van der Waals surface area contributed by atoms with Gasteiger partial charge in [-0.25, -0.2) is 12.2 Å². The van der Waals surface area contributed by atoms with Crippen molar-refractivity contribution in [2.45, 2.75) is 12.8 Å². The van der Waals surface area contributed by atoms with Gasteiger partial charge in [-0.2, -0.15) is 35.9 Å². The number of rotatable bonds is 0. The maximum Gasteiger partial charge on any atom is -0.0253 e. The molecule has 0 nitrogen and oxygen atoms in total. The number of hydrogen-bond acceptors (Lipinski definition) is 0. The molecule has 2 aromatic carbocycles. The fourth-order valence-corrected chi connectivity index (χ4v) is 2.34. The van der Waals surface area contributed by atoms with Crippen LogP contribution in [-0.2, 0) is 25.6 Å². The van der Waals surface area contributed by atoms with Crippen LogP contribution in [0.2, 0.25) is 0 Å². The van der Waals surface area contributed by atoms with Gasteiger partial charge in [-0.15, -0.1) is 36.8 Å². The quantitative estimate of drug-likeness (QED) is 0.353. The summed E-state index contributed by atoms with van der Waals surface area (Å²) in [4.78, 5) is 0. The Morgan fingerprint density at radius 2 is 1.58 bits per heavy atom. The van der Waals surface area contributed by atoms with Gasteiger partial charge in [0, 0.05) is 0 Å². The standard InChI is InChI=1S/C13H9.C5H5.2CH3.2ClH.H2Si.Ti/c1-3-7-12-10(5-1)9-11-6-2-4-8-13(11)12;1-2-4-5-3-1;;;;;;/h1-5,7-8H,9H2;1-3H,4H2;2*1H3;2*1H;1H2;/q4*-1;;;;. The van der Waals surface area contributed by atoms with Crippen LogP contribution in [0.1, 0.15) is 17.5 Å². The Morgan fingerprint density at radius 1 is 0.917 bits per heavy atom. The Kier molecular flexibility index (Phi) is 18.7. The summed E-state index contributed by atoms with van der Waals surface area (Å²) in [6.07, 6.45) is 11.0. The minimum absolute atomic E-state index is 0. The Labute approximate surface area is 173 Å². The van der Waals surface area contributed by atoms with Gasteiger partial charge in [0.2, 0.25) is 0 Å². The molecule has 0 saturated heterocycles. The molecular formula is C20H24Cl2SiTi-4. The Hall–Kier alpha value is -0.569. The molecule has 4 rings (SSSR count). The van der Waals surface area contributed by atoms with E-state index >= 15 is 0 Å². The van der Waals surface area contributed by atoms with Gasteiger partial charge >= 0.3 is 26.8 Å². The third kappa shape index (κ3) is 7.55. The average Bonchev–Trinajstić information content (AvgIpc) is 3.20. The predicted octanol–water partition coefficient (Wildman–Crippen LogP) is 5.19. The third-order valence-corrected chi connectivity index (χ3v) is 3.20. The second-order valence-corrected chi connectivity index (χ2v) is 4.40. The molecule has 0 N–H and O–H groups in total. The normalized spacial score (nSPS) is 10.5. The first-order chi connectivity index (χ1) is 9.95. The van der Waals surface area contributed by atoms with Crippen molar-refractivity contribution in [3.63, 3.8) is 0 Å². The first-order valence-electron chi connectivity index (χ1n) is 6.60. The van der Waals surface area contributed by atoms with E-state index in [9.17, 15) is 0 Å². The van der Waals surface area contributed by atoms with Crippen molar-refractivity contribution in [3.05, 3.63) is 98.8 Å². The van der Waals surface area contributed by atoms with Crippen molar-refractivity contribution in [2.75, 3.05) is 0 Å². The summed E-state index contributed by atoms with van der Waals surface area (Å²) >= 11 is 2.03. The fraction of sp³-hybridized carbons (Fsp3) is 0.100. The van der Waals surface area contributed by atoms with Crippen molar-refractivity contribution < 1.29 is 19.2 Å².